The summed E-state index contributed by atoms with van der Waals surface area (Å²) in [5, 5.41) is 2.97. The molecule has 2 aromatic carbocycles. The summed E-state index contributed by atoms with van der Waals surface area (Å²) in [6, 6.07) is 18.7. The van der Waals surface area contributed by atoms with E-state index in [4.69, 9.17) is 4.84 Å². The lowest BCUT2D eigenvalue weighted by atomic mass is 10.3. The van der Waals surface area contributed by atoms with E-state index in [0.29, 0.717) is 0 Å². The van der Waals surface area contributed by atoms with Crippen molar-refractivity contribution in [3.63, 3.8) is 0 Å². The van der Waals surface area contributed by atoms with Gasteiger partial charge in [-0.05, 0) is 24.3 Å². The zero-order valence-corrected chi connectivity index (χ0v) is 9.80. The number of benzene rings is 2. The van der Waals surface area contributed by atoms with Crippen LogP contribution in [0, 0.1) is 0 Å². The highest BCUT2D eigenvalue weighted by Crippen LogP contribution is 2.06. The van der Waals surface area contributed by atoms with Crippen molar-refractivity contribution in [2.24, 2.45) is 0 Å². The van der Waals surface area contributed by atoms with Crippen LogP contribution in [0.5, 0.6) is 0 Å². The maximum atomic E-state index is 11.4. The molecule has 0 atom stereocenters. The molecule has 0 saturated heterocycles. The molecule has 0 aromatic heterocycles. The summed E-state index contributed by atoms with van der Waals surface area (Å²) in [6.45, 7) is 0.115. The fourth-order valence-electron chi connectivity index (χ4n) is 1.39. The van der Waals surface area contributed by atoms with Crippen molar-refractivity contribution in [1.82, 2.24) is 0 Å². The van der Waals surface area contributed by atoms with Gasteiger partial charge in [-0.2, -0.15) is 0 Å². The first kappa shape index (κ1) is 12.0. The first-order valence-corrected chi connectivity index (χ1v) is 5.64. The summed E-state index contributed by atoms with van der Waals surface area (Å²) >= 11 is 0. The zero-order chi connectivity index (χ0) is 12.6. The van der Waals surface area contributed by atoms with E-state index in [1.54, 1.807) is 0 Å². The van der Waals surface area contributed by atoms with Crippen LogP contribution in [0.4, 0.5) is 11.4 Å². The number of rotatable bonds is 5. The van der Waals surface area contributed by atoms with Crippen LogP contribution in [0.25, 0.3) is 0 Å². The second-order valence-corrected chi connectivity index (χ2v) is 3.66. The summed E-state index contributed by atoms with van der Waals surface area (Å²) in [7, 11) is 0. The van der Waals surface area contributed by atoms with Crippen LogP contribution >= 0.6 is 0 Å². The minimum absolute atomic E-state index is 0.115. The van der Waals surface area contributed by atoms with E-state index < -0.39 is 0 Å². The highest BCUT2D eigenvalue weighted by Gasteiger charge is 2.02. The Morgan fingerprint density at radius 2 is 1.44 bits per heavy atom. The predicted molar refractivity (Wildman–Crippen MR) is 71.1 cm³/mol. The second-order valence-electron chi connectivity index (χ2n) is 3.66. The van der Waals surface area contributed by atoms with Crippen LogP contribution < -0.4 is 10.8 Å². The Bertz CT molecular complexity index is 440. The van der Waals surface area contributed by atoms with E-state index >= 15 is 0 Å². The Morgan fingerprint density at radius 1 is 0.889 bits per heavy atom. The van der Waals surface area contributed by atoms with Gasteiger partial charge in [0.15, 0.2) is 0 Å². The van der Waals surface area contributed by atoms with E-state index in [9.17, 15) is 4.79 Å². The number of hydrogen-bond acceptors (Lipinski definition) is 4. The lowest BCUT2D eigenvalue weighted by molar-refractivity contribution is -0.138. The Labute approximate surface area is 106 Å². The van der Waals surface area contributed by atoms with Gasteiger partial charge in [-0.15, -0.1) is 0 Å². The number of nitrogens with one attached hydrogen (secondary N) is 2. The van der Waals surface area contributed by atoms with E-state index in [1.807, 2.05) is 60.7 Å². The first-order valence-electron chi connectivity index (χ1n) is 5.64. The van der Waals surface area contributed by atoms with Crippen molar-refractivity contribution in [3.8, 4) is 0 Å². The van der Waals surface area contributed by atoms with Gasteiger partial charge in [-0.25, -0.2) is 10.3 Å². The monoisotopic (exact) mass is 242 g/mol. The van der Waals surface area contributed by atoms with Gasteiger partial charge in [-0.1, -0.05) is 36.4 Å². The quantitative estimate of drug-likeness (QED) is 0.791. The third kappa shape index (κ3) is 3.83. The van der Waals surface area contributed by atoms with E-state index in [-0.39, 0.29) is 12.5 Å². The predicted octanol–water partition coefficient (Wildman–Crippen LogP) is 2.67. The summed E-state index contributed by atoms with van der Waals surface area (Å²) in [4.78, 5) is 16.3. The number of carbonyl (C=O) groups excluding carboxylic acids is 1. The number of anilines is 2. The van der Waals surface area contributed by atoms with Crippen LogP contribution in [0.2, 0.25) is 0 Å². The van der Waals surface area contributed by atoms with Gasteiger partial charge < -0.3 is 10.2 Å². The molecule has 0 radical (unpaired) electrons. The highest BCUT2D eigenvalue weighted by atomic mass is 16.7. The Kier molecular flexibility index (Phi) is 4.19. The van der Waals surface area contributed by atoms with Gasteiger partial charge in [0.2, 0.25) is 0 Å². The van der Waals surface area contributed by atoms with Crippen molar-refractivity contribution in [2.45, 2.75) is 0 Å². The molecule has 0 unspecified atom stereocenters. The Balaban J connectivity index is 1.73. The fraction of sp³-hybridized carbons (Fsp3) is 0.0714. The minimum atomic E-state index is -0.372. The molecule has 0 saturated carbocycles. The van der Waals surface area contributed by atoms with Gasteiger partial charge in [0.1, 0.15) is 6.54 Å². The van der Waals surface area contributed by atoms with Gasteiger partial charge in [-0.3, -0.25) is 0 Å². The standard InChI is InChI=1S/C14H14N2O2/c17-14(11-15-12-7-3-1-4-8-12)18-16-13-9-5-2-6-10-13/h1-10,15-16H,11H2. The lowest BCUT2D eigenvalue weighted by Gasteiger charge is -2.08. The lowest BCUT2D eigenvalue weighted by Crippen LogP contribution is -2.19. The van der Waals surface area contributed by atoms with Crippen molar-refractivity contribution in [2.75, 3.05) is 17.3 Å². The smallest absolute Gasteiger partial charge is 0.350 e. The van der Waals surface area contributed by atoms with Gasteiger partial charge in [0, 0.05) is 5.69 Å². The molecule has 0 spiro atoms. The minimum Gasteiger partial charge on any atom is -0.375 e. The summed E-state index contributed by atoms with van der Waals surface area (Å²) in [5.74, 6) is -0.372. The number of carbonyl (C=O) groups is 1. The van der Waals surface area contributed by atoms with Crippen molar-refractivity contribution in [3.05, 3.63) is 60.7 Å². The molecule has 0 bridgehead atoms. The molecule has 0 fully saturated rings. The topological polar surface area (TPSA) is 50.4 Å². The van der Waals surface area contributed by atoms with E-state index in [2.05, 4.69) is 10.8 Å². The molecule has 0 aliphatic carbocycles. The van der Waals surface area contributed by atoms with Crippen molar-refractivity contribution < 1.29 is 9.63 Å². The summed E-state index contributed by atoms with van der Waals surface area (Å²) in [5.41, 5.74) is 4.22. The third-order valence-electron chi connectivity index (χ3n) is 2.27. The maximum Gasteiger partial charge on any atom is 0.350 e. The molecule has 2 aromatic rings. The van der Waals surface area contributed by atoms with Crippen LogP contribution in [0.15, 0.2) is 60.7 Å². The zero-order valence-electron chi connectivity index (χ0n) is 9.80. The maximum absolute atomic E-state index is 11.4. The number of para-hydroxylation sites is 2. The molecule has 4 nitrogen and oxygen atoms in total. The van der Waals surface area contributed by atoms with Crippen LogP contribution in [0.3, 0.4) is 0 Å². The van der Waals surface area contributed by atoms with Crippen molar-refractivity contribution in [1.29, 1.82) is 0 Å². The van der Waals surface area contributed by atoms with Gasteiger partial charge in [0.05, 0.1) is 5.69 Å². The van der Waals surface area contributed by atoms with Crippen molar-refractivity contribution >= 4 is 17.3 Å². The van der Waals surface area contributed by atoms with Crippen LogP contribution in [-0.2, 0) is 9.63 Å². The van der Waals surface area contributed by atoms with Crippen LogP contribution in [0.1, 0.15) is 0 Å². The molecule has 18 heavy (non-hydrogen) atoms. The third-order valence-corrected chi connectivity index (χ3v) is 2.27. The normalized spacial score (nSPS) is 9.56. The highest BCUT2D eigenvalue weighted by molar-refractivity contribution is 5.75. The van der Waals surface area contributed by atoms with Gasteiger partial charge >= 0.3 is 5.97 Å². The van der Waals surface area contributed by atoms with Gasteiger partial charge in [0.25, 0.3) is 0 Å². The largest absolute Gasteiger partial charge is 0.375 e. The molecule has 0 heterocycles. The van der Waals surface area contributed by atoms with E-state index in [0.717, 1.165) is 11.4 Å². The molecule has 0 aliphatic heterocycles. The molecule has 2 rings (SSSR count). The Hall–Kier alpha value is -2.49. The second kappa shape index (κ2) is 6.30. The molecular formula is C14H14N2O2. The first-order chi connectivity index (χ1) is 8.84. The Morgan fingerprint density at radius 3 is 2.06 bits per heavy atom. The van der Waals surface area contributed by atoms with E-state index in [1.165, 1.54) is 0 Å². The molecule has 0 aliphatic rings. The van der Waals surface area contributed by atoms with Crippen LogP contribution in [-0.4, -0.2) is 12.5 Å². The molecular weight excluding hydrogens is 228 g/mol. The molecule has 0 amide bonds. The number of hydrogen-bond donors (Lipinski definition) is 2. The average Bonchev–Trinajstić information content (AvgIpc) is 2.45. The molecule has 4 heteroatoms. The molecule has 92 valence electrons. The summed E-state index contributed by atoms with van der Waals surface area (Å²) in [6.07, 6.45) is 0. The average molecular weight is 242 g/mol. The fourth-order valence-corrected chi connectivity index (χ4v) is 1.39. The summed E-state index contributed by atoms with van der Waals surface area (Å²) < 4.78 is 0. The SMILES string of the molecule is O=C(CNc1ccccc1)ONc1ccccc1. The molecule has 2 N–H and O–H groups in total.